The number of hydrogen-bond donors (Lipinski definition) is 1. The molecular formula is C17H17F2NO5. The van der Waals surface area contributed by atoms with Crippen LogP contribution in [0.5, 0.6) is 5.75 Å². The first-order valence-electron chi connectivity index (χ1n) is 7.55. The largest absolute Gasteiger partial charge is 0.461 e. The number of hydrogen-bond acceptors (Lipinski definition) is 5. The molecule has 0 radical (unpaired) electrons. The lowest BCUT2D eigenvalue weighted by Gasteiger charge is -2.07. The van der Waals surface area contributed by atoms with Gasteiger partial charge in [-0.05, 0) is 36.2 Å². The molecule has 0 saturated heterocycles. The molecule has 1 aromatic carbocycles. The molecule has 1 heterocycles. The van der Waals surface area contributed by atoms with E-state index in [0.717, 1.165) is 0 Å². The average Bonchev–Trinajstić information content (AvgIpc) is 3.12. The predicted octanol–water partition coefficient (Wildman–Crippen LogP) is 3.13. The highest BCUT2D eigenvalue weighted by molar-refractivity contribution is 5.91. The maximum atomic E-state index is 12.0. The van der Waals surface area contributed by atoms with Crippen molar-refractivity contribution in [2.75, 3.05) is 6.54 Å². The smallest absolute Gasteiger partial charge is 0.387 e. The Hall–Kier alpha value is -2.90. The van der Waals surface area contributed by atoms with Gasteiger partial charge in [-0.25, -0.2) is 0 Å². The van der Waals surface area contributed by atoms with Crippen LogP contribution in [0.4, 0.5) is 8.78 Å². The number of nitrogens with one attached hydrogen (secondary N) is 1. The van der Waals surface area contributed by atoms with Gasteiger partial charge in [0.25, 0.3) is 5.91 Å². The van der Waals surface area contributed by atoms with Crippen molar-refractivity contribution in [2.45, 2.75) is 26.1 Å². The van der Waals surface area contributed by atoms with Crippen LogP contribution in [0.25, 0.3) is 0 Å². The van der Waals surface area contributed by atoms with Gasteiger partial charge < -0.3 is 19.2 Å². The van der Waals surface area contributed by atoms with Crippen LogP contribution >= 0.6 is 0 Å². The first-order valence-corrected chi connectivity index (χ1v) is 7.55. The third-order valence-corrected chi connectivity index (χ3v) is 3.14. The van der Waals surface area contributed by atoms with Gasteiger partial charge >= 0.3 is 12.6 Å². The number of halogens is 2. The SMILES string of the molecule is O=C(CCCNC(=O)c1ccco1)OCc1ccc(OC(F)F)cc1. The van der Waals surface area contributed by atoms with Gasteiger partial charge in [-0.15, -0.1) is 0 Å². The number of alkyl halides is 2. The minimum Gasteiger partial charge on any atom is -0.461 e. The normalized spacial score (nSPS) is 10.5. The molecule has 0 unspecified atom stereocenters. The van der Waals surface area contributed by atoms with Gasteiger partial charge in [-0.1, -0.05) is 12.1 Å². The van der Waals surface area contributed by atoms with Crippen LogP contribution in [0.3, 0.4) is 0 Å². The Morgan fingerprint density at radius 2 is 1.92 bits per heavy atom. The van der Waals surface area contributed by atoms with Crippen LogP contribution in [0, 0.1) is 0 Å². The quantitative estimate of drug-likeness (QED) is 0.554. The number of rotatable bonds is 9. The molecule has 2 aromatic rings. The Kier molecular flexibility index (Phi) is 6.94. The first-order chi connectivity index (χ1) is 12.0. The molecular weight excluding hydrogens is 336 g/mol. The molecule has 0 aliphatic heterocycles. The summed E-state index contributed by atoms with van der Waals surface area (Å²) in [5.41, 5.74) is 0.654. The van der Waals surface area contributed by atoms with E-state index in [4.69, 9.17) is 9.15 Å². The van der Waals surface area contributed by atoms with Crippen molar-refractivity contribution < 1.29 is 32.3 Å². The molecule has 1 aromatic heterocycles. The van der Waals surface area contributed by atoms with E-state index in [-0.39, 0.29) is 30.4 Å². The minimum atomic E-state index is -2.88. The van der Waals surface area contributed by atoms with Crippen molar-refractivity contribution in [2.24, 2.45) is 0 Å². The van der Waals surface area contributed by atoms with Crippen molar-refractivity contribution in [3.05, 3.63) is 54.0 Å². The second kappa shape index (κ2) is 9.41. The van der Waals surface area contributed by atoms with Crippen molar-refractivity contribution in [1.82, 2.24) is 5.32 Å². The van der Waals surface area contributed by atoms with Gasteiger partial charge in [0, 0.05) is 13.0 Å². The Bertz CT molecular complexity index is 671. The van der Waals surface area contributed by atoms with Crippen molar-refractivity contribution >= 4 is 11.9 Å². The van der Waals surface area contributed by atoms with Crippen LogP contribution in [-0.4, -0.2) is 25.0 Å². The number of amides is 1. The van der Waals surface area contributed by atoms with Gasteiger partial charge in [0.2, 0.25) is 0 Å². The Balaban J connectivity index is 1.61. The fraction of sp³-hybridized carbons (Fsp3) is 0.294. The fourth-order valence-corrected chi connectivity index (χ4v) is 1.93. The molecule has 0 bridgehead atoms. The van der Waals surface area contributed by atoms with Gasteiger partial charge in [-0.2, -0.15) is 8.78 Å². The maximum absolute atomic E-state index is 12.0. The summed E-state index contributed by atoms with van der Waals surface area (Å²) in [5.74, 6) is -0.510. The first kappa shape index (κ1) is 18.4. The monoisotopic (exact) mass is 353 g/mol. The second-order valence-corrected chi connectivity index (χ2v) is 5.02. The van der Waals surface area contributed by atoms with Gasteiger partial charge in [-0.3, -0.25) is 9.59 Å². The molecule has 6 nitrogen and oxygen atoms in total. The van der Waals surface area contributed by atoms with Crippen molar-refractivity contribution in [3.63, 3.8) is 0 Å². The standard InChI is InChI=1S/C17H17F2NO5/c18-17(19)25-13-7-5-12(6-8-13)11-24-15(21)4-1-9-20-16(22)14-3-2-10-23-14/h2-3,5-8,10,17H,1,4,9,11H2,(H,20,22). The van der Waals surface area contributed by atoms with E-state index in [1.54, 1.807) is 12.1 Å². The topological polar surface area (TPSA) is 77.8 Å². The summed E-state index contributed by atoms with van der Waals surface area (Å²) in [4.78, 5) is 23.2. The number of ether oxygens (including phenoxy) is 2. The van der Waals surface area contributed by atoms with Crippen LogP contribution < -0.4 is 10.1 Å². The van der Waals surface area contributed by atoms with Crippen LogP contribution in [0.2, 0.25) is 0 Å². The summed E-state index contributed by atoms with van der Waals surface area (Å²) in [6.45, 7) is -2.53. The van der Waals surface area contributed by atoms with E-state index >= 15 is 0 Å². The fourth-order valence-electron chi connectivity index (χ4n) is 1.93. The van der Waals surface area contributed by atoms with Gasteiger partial charge in [0.05, 0.1) is 6.26 Å². The molecule has 8 heteroatoms. The van der Waals surface area contributed by atoms with E-state index < -0.39 is 12.6 Å². The van der Waals surface area contributed by atoms with E-state index in [0.29, 0.717) is 18.5 Å². The Morgan fingerprint density at radius 1 is 1.16 bits per heavy atom. The molecule has 134 valence electrons. The lowest BCUT2D eigenvalue weighted by atomic mass is 10.2. The minimum absolute atomic E-state index is 0.0343. The van der Waals surface area contributed by atoms with Crippen molar-refractivity contribution in [3.8, 4) is 5.75 Å². The highest BCUT2D eigenvalue weighted by Crippen LogP contribution is 2.15. The lowest BCUT2D eigenvalue weighted by Crippen LogP contribution is -2.24. The summed E-state index contributed by atoms with van der Waals surface area (Å²) in [6, 6.07) is 8.97. The van der Waals surface area contributed by atoms with Crippen LogP contribution in [0.15, 0.2) is 47.1 Å². The summed E-state index contributed by atoms with van der Waals surface area (Å²) < 4.78 is 38.3. The average molecular weight is 353 g/mol. The Morgan fingerprint density at radius 3 is 2.56 bits per heavy atom. The number of esters is 1. The molecule has 0 spiro atoms. The van der Waals surface area contributed by atoms with E-state index in [1.807, 2.05) is 0 Å². The van der Waals surface area contributed by atoms with E-state index in [2.05, 4.69) is 10.1 Å². The highest BCUT2D eigenvalue weighted by Gasteiger charge is 2.09. The highest BCUT2D eigenvalue weighted by atomic mass is 19.3. The molecule has 1 amide bonds. The zero-order chi connectivity index (χ0) is 18.1. The number of furan rings is 1. The summed E-state index contributed by atoms with van der Waals surface area (Å²) in [5, 5.41) is 2.62. The van der Waals surface area contributed by atoms with E-state index in [1.165, 1.54) is 30.5 Å². The number of benzene rings is 1. The molecule has 0 atom stereocenters. The van der Waals surface area contributed by atoms with E-state index in [9.17, 15) is 18.4 Å². The second-order valence-electron chi connectivity index (χ2n) is 5.02. The molecule has 0 saturated carbocycles. The zero-order valence-corrected chi connectivity index (χ0v) is 13.2. The third kappa shape index (κ3) is 6.62. The third-order valence-electron chi connectivity index (χ3n) is 3.14. The van der Waals surface area contributed by atoms with Gasteiger partial charge in [0.15, 0.2) is 5.76 Å². The lowest BCUT2D eigenvalue weighted by molar-refractivity contribution is -0.145. The van der Waals surface area contributed by atoms with Crippen LogP contribution in [-0.2, 0) is 16.1 Å². The molecule has 25 heavy (non-hydrogen) atoms. The maximum Gasteiger partial charge on any atom is 0.387 e. The summed E-state index contributed by atoms with van der Waals surface area (Å²) in [6.07, 6.45) is 1.97. The molecule has 0 fully saturated rings. The molecule has 1 N–H and O–H groups in total. The van der Waals surface area contributed by atoms with Crippen molar-refractivity contribution in [1.29, 1.82) is 0 Å². The number of carbonyl (C=O) groups excluding carboxylic acids is 2. The molecule has 0 aliphatic rings. The zero-order valence-electron chi connectivity index (χ0n) is 13.2. The summed E-state index contributed by atoms with van der Waals surface area (Å²) >= 11 is 0. The predicted molar refractivity (Wildman–Crippen MR) is 83.1 cm³/mol. The van der Waals surface area contributed by atoms with Gasteiger partial charge in [0.1, 0.15) is 12.4 Å². The Labute approximate surface area is 142 Å². The number of carbonyl (C=O) groups is 2. The molecule has 0 aliphatic carbocycles. The summed E-state index contributed by atoms with van der Waals surface area (Å²) in [7, 11) is 0. The molecule has 2 rings (SSSR count). The van der Waals surface area contributed by atoms with Crippen LogP contribution in [0.1, 0.15) is 29.0 Å².